The molecule has 0 bridgehead atoms. The van der Waals surface area contributed by atoms with E-state index in [9.17, 15) is 9.59 Å². The minimum Gasteiger partial charge on any atom is -0.352 e. The highest BCUT2D eigenvalue weighted by Crippen LogP contribution is 2.20. The summed E-state index contributed by atoms with van der Waals surface area (Å²) in [5.41, 5.74) is 4.46. The second kappa shape index (κ2) is 9.01. The Kier molecular flexibility index (Phi) is 6.98. The van der Waals surface area contributed by atoms with Crippen molar-refractivity contribution >= 4 is 29.9 Å². The molecule has 2 amide bonds. The summed E-state index contributed by atoms with van der Waals surface area (Å²) >= 11 is 0. The van der Waals surface area contributed by atoms with Crippen molar-refractivity contribution < 1.29 is 9.59 Å². The molecule has 0 saturated carbocycles. The van der Waals surface area contributed by atoms with Crippen molar-refractivity contribution in [2.45, 2.75) is 33.7 Å². The first-order valence-electron chi connectivity index (χ1n) is 8.92. The van der Waals surface area contributed by atoms with Gasteiger partial charge in [-0.3, -0.25) is 14.7 Å². The van der Waals surface area contributed by atoms with Gasteiger partial charge in [0.1, 0.15) is 0 Å². The number of aryl methyl sites for hydroxylation is 1. The van der Waals surface area contributed by atoms with Gasteiger partial charge in [-0.15, -0.1) is 12.4 Å². The highest BCUT2D eigenvalue weighted by atomic mass is 35.5. The Balaban J connectivity index is 0.00000261. The summed E-state index contributed by atoms with van der Waals surface area (Å²) in [6.07, 6.45) is 0.842. The predicted octanol–water partition coefficient (Wildman–Crippen LogP) is 2.42. The molecular formula is C19H26ClN5O2. The molecule has 1 aromatic heterocycles. The van der Waals surface area contributed by atoms with Crippen molar-refractivity contribution in [1.29, 1.82) is 0 Å². The molecule has 0 unspecified atom stereocenters. The monoisotopic (exact) mass is 391 g/mol. The Morgan fingerprint density at radius 2 is 2.04 bits per heavy atom. The molecule has 0 saturated heterocycles. The maximum atomic E-state index is 12.6. The molecule has 2 heterocycles. The van der Waals surface area contributed by atoms with Crippen LogP contribution < -0.4 is 16.0 Å². The number of amides is 2. The Morgan fingerprint density at radius 3 is 2.74 bits per heavy atom. The molecule has 2 aromatic rings. The molecule has 7 nitrogen and oxygen atoms in total. The van der Waals surface area contributed by atoms with E-state index in [1.54, 1.807) is 18.2 Å². The number of nitrogens with zero attached hydrogens (tertiary/aromatic N) is 1. The number of benzene rings is 1. The number of nitrogens with one attached hydrogen (secondary N) is 4. The third-order valence-electron chi connectivity index (χ3n) is 4.43. The van der Waals surface area contributed by atoms with E-state index in [4.69, 9.17) is 0 Å². The number of aromatic amines is 1. The van der Waals surface area contributed by atoms with Crippen LogP contribution in [-0.4, -0.2) is 35.1 Å². The molecule has 8 heteroatoms. The number of hydrogen-bond acceptors (Lipinski definition) is 4. The van der Waals surface area contributed by atoms with Crippen LogP contribution in [0.4, 0.5) is 5.69 Å². The Hall–Kier alpha value is -2.38. The molecule has 0 spiro atoms. The summed E-state index contributed by atoms with van der Waals surface area (Å²) in [5.74, 6) is 0.0475. The van der Waals surface area contributed by atoms with E-state index < -0.39 is 0 Å². The van der Waals surface area contributed by atoms with Gasteiger partial charge in [-0.2, -0.15) is 5.10 Å². The zero-order valence-corrected chi connectivity index (χ0v) is 16.6. The fourth-order valence-corrected chi connectivity index (χ4v) is 2.94. The summed E-state index contributed by atoms with van der Waals surface area (Å²) in [5, 5.41) is 16.2. The lowest BCUT2D eigenvalue weighted by atomic mass is 10.1. The molecule has 1 aromatic carbocycles. The zero-order chi connectivity index (χ0) is 18.7. The molecule has 3 rings (SSSR count). The van der Waals surface area contributed by atoms with Crippen LogP contribution in [0.5, 0.6) is 0 Å². The van der Waals surface area contributed by atoms with Crippen molar-refractivity contribution in [1.82, 2.24) is 20.8 Å². The maximum Gasteiger partial charge on any atom is 0.276 e. The first-order valence-corrected chi connectivity index (χ1v) is 8.92. The molecule has 4 N–H and O–H groups in total. The number of carbonyl (C=O) groups is 2. The quantitative estimate of drug-likeness (QED) is 0.629. The normalized spacial score (nSPS) is 12.9. The van der Waals surface area contributed by atoms with Gasteiger partial charge < -0.3 is 16.0 Å². The number of hydrogen-bond donors (Lipinski definition) is 4. The lowest BCUT2D eigenvalue weighted by Gasteiger charge is -2.14. The minimum absolute atomic E-state index is 0. The summed E-state index contributed by atoms with van der Waals surface area (Å²) in [4.78, 5) is 24.8. The minimum atomic E-state index is -0.244. The second-order valence-electron chi connectivity index (χ2n) is 7.04. The van der Waals surface area contributed by atoms with Crippen LogP contribution in [0.2, 0.25) is 0 Å². The molecular weight excluding hydrogens is 366 g/mol. The third-order valence-corrected chi connectivity index (χ3v) is 4.43. The van der Waals surface area contributed by atoms with Crippen LogP contribution in [0.15, 0.2) is 18.2 Å². The molecule has 0 radical (unpaired) electrons. The number of H-pyrrole nitrogens is 1. The maximum absolute atomic E-state index is 12.6. The first-order chi connectivity index (χ1) is 12.5. The first kappa shape index (κ1) is 20.9. The molecule has 0 atom stereocenters. The van der Waals surface area contributed by atoms with Crippen LogP contribution in [0.1, 0.15) is 51.5 Å². The van der Waals surface area contributed by atoms with Crippen molar-refractivity contribution in [2.24, 2.45) is 5.92 Å². The van der Waals surface area contributed by atoms with Gasteiger partial charge in [0.15, 0.2) is 5.69 Å². The summed E-state index contributed by atoms with van der Waals surface area (Å²) in [7, 11) is 0. The van der Waals surface area contributed by atoms with Gasteiger partial charge >= 0.3 is 0 Å². The van der Waals surface area contributed by atoms with Gasteiger partial charge in [0.2, 0.25) is 0 Å². The van der Waals surface area contributed by atoms with Gasteiger partial charge in [-0.1, -0.05) is 13.8 Å². The number of halogens is 1. The van der Waals surface area contributed by atoms with E-state index in [-0.39, 0.29) is 24.2 Å². The number of fused-ring (bicyclic) bond motifs is 1. The summed E-state index contributed by atoms with van der Waals surface area (Å²) in [6.45, 7) is 8.13. The fraction of sp³-hybridized carbons (Fsp3) is 0.421. The lowest BCUT2D eigenvalue weighted by molar-refractivity contribution is 0.0948. The van der Waals surface area contributed by atoms with E-state index >= 15 is 0 Å². The van der Waals surface area contributed by atoms with Crippen LogP contribution >= 0.6 is 12.4 Å². The van der Waals surface area contributed by atoms with Crippen molar-refractivity contribution in [3.8, 4) is 0 Å². The summed E-state index contributed by atoms with van der Waals surface area (Å²) < 4.78 is 0. The number of anilines is 1. The molecule has 0 aliphatic carbocycles. The second-order valence-corrected chi connectivity index (χ2v) is 7.04. The summed E-state index contributed by atoms with van der Waals surface area (Å²) in [6, 6.07) is 5.27. The molecule has 1 aliphatic heterocycles. The predicted molar refractivity (Wildman–Crippen MR) is 108 cm³/mol. The average Bonchev–Trinajstić information content (AvgIpc) is 3.05. The number of carbonyl (C=O) groups excluding carboxylic acids is 2. The van der Waals surface area contributed by atoms with Crippen molar-refractivity contribution in [2.75, 3.05) is 18.4 Å². The SMILES string of the molecule is Cc1cc(C(=O)NCC(C)C)ccc1NC(=O)c1n[nH]c2c1CNCC2.Cl. The van der Waals surface area contributed by atoms with Crippen LogP contribution in [0.3, 0.4) is 0 Å². The lowest BCUT2D eigenvalue weighted by Crippen LogP contribution is -2.27. The third kappa shape index (κ3) is 4.87. The van der Waals surface area contributed by atoms with Crippen molar-refractivity contribution in [3.05, 3.63) is 46.3 Å². The van der Waals surface area contributed by atoms with Crippen LogP contribution in [-0.2, 0) is 13.0 Å². The Bertz CT molecular complexity index is 832. The van der Waals surface area contributed by atoms with Crippen molar-refractivity contribution in [3.63, 3.8) is 0 Å². The average molecular weight is 392 g/mol. The van der Waals surface area contributed by atoms with Gasteiger partial charge in [0.25, 0.3) is 11.8 Å². The zero-order valence-electron chi connectivity index (χ0n) is 15.8. The van der Waals surface area contributed by atoms with Crippen LogP contribution in [0.25, 0.3) is 0 Å². The van der Waals surface area contributed by atoms with E-state index in [0.717, 1.165) is 29.8 Å². The topological polar surface area (TPSA) is 98.9 Å². The Labute approximate surface area is 165 Å². The number of aromatic nitrogens is 2. The van der Waals surface area contributed by atoms with Gasteiger partial charge in [-0.25, -0.2) is 0 Å². The molecule has 0 fully saturated rings. The largest absolute Gasteiger partial charge is 0.352 e. The molecule has 1 aliphatic rings. The smallest absolute Gasteiger partial charge is 0.276 e. The van der Waals surface area contributed by atoms with Gasteiger partial charge in [0.05, 0.1) is 0 Å². The highest BCUT2D eigenvalue weighted by Gasteiger charge is 2.22. The highest BCUT2D eigenvalue weighted by molar-refractivity contribution is 6.05. The van der Waals surface area contributed by atoms with Crippen LogP contribution in [0, 0.1) is 12.8 Å². The van der Waals surface area contributed by atoms with Gasteiger partial charge in [-0.05, 0) is 36.6 Å². The molecule has 146 valence electrons. The Morgan fingerprint density at radius 1 is 1.26 bits per heavy atom. The fourth-order valence-electron chi connectivity index (χ4n) is 2.94. The van der Waals surface area contributed by atoms with E-state index in [1.807, 2.05) is 20.8 Å². The van der Waals surface area contributed by atoms with E-state index in [0.29, 0.717) is 36.0 Å². The van der Waals surface area contributed by atoms with Gasteiger partial charge in [0, 0.05) is 48.6 Å². The van der Waals surface area contributed by atoms with E-state index in [2.05, 4.69) is 26.1 Å². The standard InChI is InChI=1S/C19H25N5O2.ClH/c1-11(2)9-21-18(25)13-4-5-15(12(3)8-13)22-19(26)17-14-10-20-7-6-16(14)23-24-17;/h4-5,8,11,20H,6-7,9-10H2,1-3H3,(H,21,25)(H,22,26)(H,23,24);1H. The molecule has 27 heavy (non-hydrogen) atoms. The van der Waals surface area contributed by atoms with E-state index in [1.165, 1.54) is 0 Å². The number of rotatable bonds is 5.